The Kier molecular flexibility index (Phi) is 5.50. The number of rotatable bonds is 7. The molecule has 0 heterocycles. The summed E-state index contributed by atoms with van der Waals surface area (Å²) in [5, 5.41) is 3.40. The molecule has 2 rings (SSSR count). The number of nitrogens with one attached hydrogen (secondary N) is 1. The van der Waals surface area contributed by atoms with Gasteiger partial charge in [-0.3, -0.25) is 0 Å². The quantitative estimate of drug-likeness (QED) is 0.817. The SMILES string of the molecule is CCCOc1ccc(CNc2ccc(C)cc2OC)cc1. The van der Waals surface area contributed by atoms with Gasteiger partial charge in [0, 0.05) is 6.54 Å². The van der Waals surface area contributed by atoms with Crippen LogP contribution in [0.1, 0.15) is 24.5 Å². The molecule has 0 aliphatic carbocycles. The van der Waals surface area contributed by atoms with Gasteiger partial charge in [-0.15, -0.1) is 0 Å². The highest BCUT2D eigenvalue weighted by molar-refractivity contribution is 5.57. The minimum Gasteiger partial charge on any atom is -0.495 e. The number of ether oxygens (including phenoxy) is 2. The van der Waals surface area contributed by atoms with E-state index < -0.39 is 0 Å². The van der Waals surface area contributed by atoms with Gasteiger partial charge in [0.25, 0.3) is 0 Å². The Labute approximate surface area is 126 Å². The van der Waals surface area contributed by atoms with Gasteiger partial charge >= 0.3 is 0 Å². The van der Waals surface area contributed by atoms with E-state index >= 15 is 0 Å². The van der Waals surface area contributed by atoms with Crippen LogP contribution in [0, 0.1) is 6.92 Å². The number of aryl methyl sites for hydroxylation is 1. The summed E-state index contributed by atoms with van der Waals surface area (Å²) >= 11 is 0. The summed E-state index contributed by atoms with van der Waals surface area (Å²) in [6.45, 7) is 5.68. The minimum absolute atomic E-state index is 0.757. The molecule has 0 fully saturated rings. The molecule has 0 atom stereocenters. The van der Waals surface area contributed by atoms with E-state index in [1.807, 2.05) is 24.3 Å². The molecule has 0 aromatic heterocycles. The van der Waals surface area contributed by atoms with E-state index in [1.165, 1.54) is 11.1 Å². The van der Waals surface area contributed by atoms with Crippen LogP contribution in [0.3, 0.4) is 0 Å². The lowest BCUT2D eigenvalue weighted by atomic mass is 10.2. The summed E-state index contributed by atoms with van der Waals surface area (Å²) in [7, 11) is 1.69. The molecule has 21 heavy (non-hydrogen) atoms. The van der Waals surface area contributed by atoms with Crippen molar-refractivity contribution in [3.8, 4) is 11.5 Å². The van der Waals surface area contributed by atoms with Crippen LogP contribution >= 0.6 is 0 Å². The first-order chi connectivity index (χ1) is 10.2. The van der Waals surface area contributed by atoms with Crippen LogP contribution in [-0.2, 0) is 6.54 Å². The van der Waals surface area contributed by atoms with Gasteiger partial charge in [-0.05, 0) is 48.7 Å². The molecule has 0 bridgehead atoms. The number of hydrogen-bond acceptors (Lipinski definition) is 3. The molecule has 1 N–H and O–H groups in total. The van der Waals surface area contributed by atoms with Crippen molar-refractivity contribution in [2.45, 2.75) is 26.8 Å². The molecule has 3 heteroatoms. The molecule has 0 radical (unpaired) electrons. The first-order valence-electron chi connectivity index (χ1n) is 7.33. The molecule has 0 saturated heterocycles. The van der Waals surface area contributed by atoms with Gasteiger partial charge in [-0.2, -0.15) is 0 Å². The smallest absolute Gasteiger partial charge is 0.142 e. The summed E-state index contributed by atoms with van der Waals surface area (Å²) in [4.78, 5) is 0. The summed E-state index contributed by atoms with van der Waals surface area (Å²) in [6, 6.07) is 14.3. The van der Waals surface area contributed by atoms with Crippen LogP contribution < -0.4 is 14.8 Å². The lowest BCUT2D eigenvalue weighted by Crippen LogP contribution is -2.02. The fourth-order valence-corrected chi connectivity index (χ4v) is 2.07. The average Bonchev–Trinajstić information content (AvgIpc) is 2.52. The van der Waals surface area contributed by atoms with Crippen molar-refractivity contribution in [2.24, 2.45) is 0 Å². The highest BCUT2D eigenvalue weighted by Crippen LogP contribution is 2.26. The van der Waals surface area contributed by atoms with Gasteiger partial charge in [-0.1, -0.05) is 25.1 Å². The number of hydrogen-bond donors (Lipinski definition) is 1. The molecule has 112 valence electrons. The third-order valence-corrected chi connectivity index (χ3v) is 3.24. The van der Waals surface area contributed by atoms with Crippen molar-refractivity contribution < 1.29 is 9.47 Å². The molecule has 2 aromatic carbocycles. The monoisotopic (exact) mass is 285 g/mol. The van der Waals surface area contributed by atoms with E-state index in [1.54, 1.807) is 7.11 Å². The molecule has 0 saturated carbocycles. The van der Waals surface area contributed by atoms with Crippen LogP contribution in [0.15, 0.2) is 42.5 Å². The lowest BCUT2D eigenvalue weighted by Gasteiger charge is -2.12. The zero-order chi connectivity index (χ0) is 15.1. The summed E-state index contributed by atoms with van der Waals surface area (Å²) in [5.41, 5.74) is 3.41. The van der Waals surface area contributed by atoms with Gasteiger partial charge in [0.2, 0.25) is 0 Å². The standard InChI is InChI=1S/C18H23NO2/c1-4-11-21-16-8-6-15(7-9-16)13-19-17-10-5-14(2)12-18(17)20-3/h5-10,12,19H,4,11,13H2,1-3H3. The number of methoxy groups -OCH3 is 1. The molecule has 0 aliphatic heterocycles. The Morgan fingerprint density at radius 2 is 1.81 bits per heavy atom. The van der Waals surface area contributed by atoms with E-state index in [2.05, 4.69) is 37.4 Å². The van der Waals surface area contributed by atoms with Crippen LogP contribution in [0.5, 0.6) is 11.5 Å². The topological polar surface area (TPSA) is 30.5 Å². The van der Waals surface area contributed by atoms with Crippen LogP contribution in [0.4, 0.5) is 5.69 Å². The predicted molar refractivity (Wildman–Crippen MR) is 87.3 cm³/mol. The van der Waals surface area contributed by atoms with Crippen molar-refractivity contribution >= 4 is 5.69 Å². The fraction of sp³-hybridized carbons (Fsp3) is 0.333. The fourth-order valence-electron chi connectivity index (χ4n) is 2.07. The summed E-state index contributed by atoms with van der Waals surface area (Å²) in [5.74, 6) is 1.80. The second kappa shape index (κ2) is 7.58. The number of anilines is 1. The maximum Gasteiger partial charge on any atom is 0.142 e. The highest BCUT2D eigenvalue weighted by atomic mass is 16.5. The van der Waals surface area contributed by atoms with Crippen LogP contribution in [0.25, 0.3) is 0 Å². The van der Waals surface area contributed by atoms with Gasteiger partial charge in [0.15, 0.2) is 0 Å². The highest BCUT2D eigenvalue weighted by Gasteiger charge is 2.03. The van der Waals surface area contributed by atoms with Crippen LogP contribution in [0.2, 0.25) is 0 Å². The molecule has 2 aromatic rings. The number of benzene rings is 2. The van der Waals surface area contributed by atoms with E-state index in [9.17, 15) is 0 Å². The van der Waals surface area contributed by atoms with Gasteiger partial charge < -0.3 is 14.8 Å². The van der Waals surface area contributed by atoms with Crippen molar-refractivity contribution in [3.05, 3.63) is 53.6 Å². The first kappa shape index (κ1) is 15.2. The molecule has 0 aliphatic rings. The first-order valence-corrected chi connectivity index (χ1v) is 7.33. The molecule has 0 amide bonds. The minimum atomic E-state index is 0.757. The van der Waals surface area contributed by atoms with Gasteiger partial charge in [0.05, 0.1) is 19.4 Å². The maximum atomic E-state index is 5.58. The largest absolute Gasteiger partial charge is 0.495 e. The Morgan fingerprint density at radius 3 is 2.48 bits per heavy atom. The van der Waals surface area contributed by atoms with E-state index in [0.717, 1.165) is 36.8 Å². The second-order valence-electron chi connectivity index (χ2n) is 5.05. The van der Waals surface area contributed by atoms with E-state index in [4.69, 9.17) is 9.47 Å². The Balaban J connectivity index is 1.96. The zero-order valence-corrected chi connectivity index (χ0v) is 13.0. The third-order valence-electron chi connectivity index (χ3n) is 3.24. The summed E-state index contributed by atoms with van der Waals surface area (Å²) in [6.07, 6.45) is 1.02. The normalized spacial score (nSPS) is 10.2. The van der Waals surface area contributed by atoms with E-state index in [-0.39, 0.29) is 0 Å². The van der Waals surface area contributed by atoms with Crippen molar-refractivity contribution in [1.29, 1.82) is 0 Å². The molecule has 3 nitrogen and oxygen atoms in total. The second-order valence-corrected chi connectivity index (χ2v) is 5.05. The Morgan fingerprint density at radius 1 is 1.05 bits per heavy atom. The summed E-state index contributed by atoms with van der Waals surface area (Å²) < 4.78 is 11.0. The third kappa shape index (κ3) is 4.42. The molecular formula is C18H23NO2. The average molecular weight is 285 g/mol. The van der Waals surface area contributed by atoms with E-state index in [0.29, 0.717) is 0 Å². The lowest BCUT2D eigenvalue weighted by molar-refractivity contribution is 0.317. The molecule has 0 unspecified atom stereocenters. The molecular weight excluding hydrogens is 262 g/mol. The van der Waals surface area contributed by atoms with Crippen molar-refractivity contribution in [3.63, 3.8) is 0 Å². The predicted octanol–water partition coefficient (Wildman–Crippen LogP) is 4.40. The van der Waals surface area contributed by atoms with Gasteiger partial charge in [0.1, 0.15) is 11.5 Å². The van der Waals surface area contributed by atoms with Gasteiger partial charge in [-0.25, -0.2) is 0 Å². The van der Waals surface area contributed by atoms with Crippen LogP contribution in [-0.4, -0.2) is 13.7 Å². The van der Waals surface area contributed by atoms with Crippen molar-refractivity contribution in [1.82, 2.24) is 0 Å². The molecule has 0 spiro atoms. The maximum absolute atomic E-state index is 5.58. The van der Waals surface area contributed by atoms with Crippen molar-refractivity contribution in [2.75, 3.05) is 19.0 Å². The Hall–Kier alpha value is -2.16. The zero-order valence-electron chi connectivity index (χ0n) is 13.0. The Bertz CT molecular complexity index is 564.